The molecule has 0 atom stereocenters. The van der Waals surface area contributed by atoms with Crippen LogP contribution in [0, 0.1) is 12.7 Å². The third-order valence-electron chi connectivity index (χ3n) is 2.68. The quantitative estimate of drug-likeness (QED) is 0.852. The molecule has 0 saturated heterocycles. The molecule has 0 radical (unpaired) electrons. The minimum atomic E-state index is -3.99. The van der Waals surface area contributed by atoms with E-state index >= 15 is 0 Å². The molecule has 5 nitrogen and oxygen atoms in total. The summed E-state index contributed by atoms with van der Waals surface area (Å²) in [6.45, 7) is 1.46. The Balaban J connectivity index is 2.44. The van der Waals surface area contributed by atoms with E-state index in [9.17, 15) is 12.8 Å². The van der Waals surface area contributed by atoms with Crippen LogP contribution in [0.5, 0.6) is 0 Å². The monoisotopic (exact) mass is 315 g/mol. The summed E-state index contributed by atoms with van der Waals surface area (Å²) in [7, 11) is -3.99. The van der Waals surface area contributed by atoms with Gasteiger partial charge in [0.15, 0.2) is 0 Å². The van der Waals surface area contributed by atoms with Crippen LogP contribution in [0.25, 0.3) is 0 Å². The fraction of sp³-hybridized carbons (Fsp3) is 0.0833. The first kappa shape index (κ1) is 14.5. The number of hydrogen-bond acceptors (Lipinski definition) is 4. The van der Waals surface area contributed by atoms with Gasteiger partial charge in [0.25, 0.3) is 10.0 Å². The number of benzene rings is 1. The number of sulfonamides is 1. The van der Waals surface area contributed by atoms with E-state index in [4.69, 9.17) is 17.3 Å². The van der Waals surface area contributed by atoms with Crippen LogP contribution in [0.2, 0.25) is 5.02 Å². The normalized spacial score (nSPS) is 11.3. The molecule has 106 valence electrons. The molecule has 0 spiro atoms. The molecule has 0 aliphatic heterocycles. The number of hydrogen-bond donors (Lipinski definition) is 2. The fourth-order valence-electron chi connectivity index (χ4n) is 1.49. The largest absolute Gasteiger partial charge is 0.398 e. The van der Waals surface area contributed by atoms with Crippen LogP contribution in [0.4, 0.5) is 15.8 Å². The number of nitrogens with two attached hydrogens (primary N) is 1. The number of nitrogens with zero attached hydrogens (tertiary/aromatic N) is 1. The fourth-order valence-corrected chi connectivity index (χ4v) is 2.80. The van der Waals surface area contributed by atoms with E-state index in [0.717, 1.165) is 6.07 Å². The minimum absolute atomic E-state index is 0.0580. The Morgan fingerprint density at radius 2 is 2.10 bits per heavy atom. The molecule has 1 aromatic heterocycles. The van der Waals surface area contributed by atoms with Crippen LogP contribution in [0.1, 0.15) is 5.56 Å². The van der Waals surface area contributed by atoms with Gasteiger partial charge in [-0.1, -0.05) is 11.6 Å². The number of anilines is 2. The topological polar surface area (TPSA) is 85.1 Å². The van der Waals surface area contributed by atoms with Crippen molar-refractivity contribution in [3.05, 3.63) is 47.0 Å². The van der Waals surface area contributed by atoms with E-state index in [1.165, 1.54) is 31.5 Å². The second-order valence-electron chi connectivity index (χ2n) is 4.08. The van der Waals surface area contributed by atoms with E-state index in [2.05, 4.69) is 9.71 Å². The Morgan fingerprint density at radius 1 is 1.40 bits per heavy atom. The van der Waals surface area contributed by atoms with Gasteiger partial charge in [0, 0.05) is 17.4 Å². The zero-order valence-corrected chi connectivity index (χ0v) is 12.0. The van der Waals surface area contributed by atoms with E-state index in [1.54, 1.807) is 0 Å². The molecule has 0 aliphatic rings. The third-order valence-corrected chi connectivity index (χ3v) is 4.36. The maximum atomic E-state index is 13.6. The summed E-state index contributed by atoms with van der Waals surface area (Å²) in [5.74, 6) is -0.692. The van der Waals surface area contributed by atoms with E-state index in [1.807, 2.05) is 0 Å². The van der Waals surface area contributed by atoms with Crippen molar-refractivity contribution in [3.8, 4) is 0 Å². The first-order chi connectivity index (χ1) is 9.31. The molecule has 20 heavy (non-hydrogen) atoms. The van der Waals surface area contributed by atoms with Crippen molar-refractivity contribution in [2.75, 3.05) is 10.5 Å². The number of rotatable bonds is 3. The SMILES string of the molecule is Cc1c(N)cc(S(=O)(=O)Nc2cnccc2Cl)cc1F. The highest BCUT2D eigenvalue weighted by atomic mass is 35.5. The van der Waals surface area contributed by atoms with E-state index in [0.29, 0.717) is 0 Å². The number of pyridine rings is 1. The molecule has 0 amide bonds. The van der Waals surface area contributed by atoms with Crippen LogP contribution >= 0.6 is 11.6 Å². The molecule has 3 N–H and O–H groups in total. The Labute approximate surface area is 120 Å². The van der Waals surface area contributed by atoms with Crippen molar-refractivity contribution in [1.29, 1.82) is 0 Å². The predicted molar refractivity (Wildman–Crippen MR) is 75.6 cm³/mol. The van der Waals surface area contributed by atoms with E-state index in [-0.39, 0.29) is 26.9 Å². The Kier molecular flexibility index (Phi) is 3.82. The first-order valence-electron chi connectivity index (χ1n) is 5.49. The van der Waals surface area contributed by atoms with Crippen LogP contribution in [0.15, 0.2) is 35.5 Å². The van der Waals surface area contributed by atoms with Gasteiger partial charge in [-0.15, -0.1) is 0 Å². The molecular weight excluding hydrogens is 305 g/mol. The standard InChI is InChI=1S/C12H11ClFN3O2S/c1-7-10(14)4-8(5-11(7)15)20(18,19)17-12-6-16-3-2-9(12)13/h2-6,17H,15H2,1H3. The number of aromatic nitrogens is 1. The smallest absolute Gasteiger partial charge is 0.262 e. The van der Waals surface area contributed by atoms with Crippen molar-refractivity contribution < 1.29 is 12.8 Å². The lowest BCUT2D eigenvalue weighted by molar-refractivity contribution is 0.593. The summed E-state index contributed by atoms with van der Waals surface area (Å²) < 4.78 is 40.1. The number of nitrogens with one attached hydrogen (secondary N) is 1. The average molecular weight is 316 g/mol. The lowest BCUT2D eigenvalue weighted by atomic mass is 10.2. The predicted octanol–water partition coefficient (Wildman–Crippen LogP) is 2.57. The van der Waals surface area contributed by atoms with Crippen molar-refractivity contribution in [1.82, 2.24) is 4.98 Å². The summed E-state index contributed by atoms with van der Waals surface area (Å²) in [6.07, 6.45) is 2.68. The number of halogens is 2. The van der Waals surface area contributed by atoms with Gasteiger partial charge in [0.1, 0.15) is 5.82 Å². The maximum absolute atomic E-state index is 13.6. The van der Waals surface area contributed by atoms with Gasteiger partial charge in [0.05, 0.1) is 21.8 Å². The maximum Gasteiger partial charge on any atom is 0.262 e. The highest BCUT2D eigenvalue weighted by Gasteiger charge is 2.18. The van der Waals surface area contributed by atoms with Gasteiger partial charge in [-0.2, -0.15) is 0 Å². The zero-order valence-electron chi connectivity index (χ0n) is 10.4. The molecule has 2 aromatic rings. The molecule has 0 fully saturated rings. The van der Waals surface area contributed by atoms with Crippen LogP contribution in [-0.2, 0) is 10.0 Å². The minimum Gasteiger partial charge on any atom is -0.398 e. The molecule has 0 bridgehead atoms. The van der Waals surface area contributed by atoms with E-state index < -0.39 is 15.8 Å². The Hall–Kier alpha value is -1.86. The second kappa shape index (κ2) is 5.26. The zero-order chi connectivity index (χ0) is 14.9. The summed E-state index contributed by atoms with van der Waals surface area (Å²) >= 11 is 5.84. The third kappa shape index (κ3) is 2.83. The van der Waals surface area contributed by atoms with Gasteiger partial charge >= 0.3 is 0 Å². The first-order valence-corrected chi connectivity index (χ1v) is 7.35. The number of nitrogen functional groups attached to an aromatic ring is 1. The highest BCUT2D eigenvalue weighted by molar-refractivity contribution is 7.92. The van der Waals surface area contributed by atoms with Crippen molar-refractivity contribution in [3.63, 3.8) is 0 Å². The van der Waals surface area contributed by atoms with Gasteiger partial charge in [0.2, 0.25) is 0 Å². The molecule has 8 heteroatoms. The summed E-state index contributed by atoms with van der Waals surface area (Å²) in [6, 6.07) is 3.52. The van der Waals surface area contributed by atoms with Crippen LogP contribution in [-0.4, -0.2) is 13.4 Å². The van der Waals surface area contributed by atoms with Crippen LogP contribution in [0.3, 0.4) is 0 Å². The van der Waals surface area contributed by atoms with Gasteiger partial charge in [-0.3, -0.25) is 9.71 Å². The van der Waals surface area contributed by atoms with Gasteiger partial charge in [-0.05, 0) is 25.1 Å². The second-order valence-corrected chi connectivity index (χ2v) is 6.17. The molecule has 1 aromatic carbocycles. The van der Waals surface area contributed by atoms with Gasteiger partial charge in [-0.25, -0.2) is 12.8 Å². The van der Waals surface area contributed by atoms with Crippen molar-refractivity contribution >= 4 is 33.0 Å². The lowest BCUT2D eigenvalue weighted by Gasteiger charge is -2.11. The van der Waals surface area contributed by atoms with Gasteiger partial charge < -0.3 is 5.73 Å². The Bertz CT molecular complexity index is 742. The van der Waals surface area contributed by atoms with Crippen molar-refractivity contribution in [2.24, 2.45) is 0 Å². The summed E-state index contributed by atoms with van der Waals surface area (Å²) in [5, 5.41) is 0.184. The average Bonchev–Trinajstić information content (AvgIpc) is 2.38. The van der Waals surface area contributed by atoms with Crippen molar-refractivity contribution in [2.45, 2.75) is 11.8 Å². The molecular formula is C12H11ClFN3O2S. The van der Waals surface area contributed by atoms with Crippen LogP contribution < -0.4 is 10.5 Å². The lowest BCUT2D eigenvalue weighted by Crippen LogP contribution is -2.14. The highest BCUT2D eigenvalue weighted by Crippen LogP contribution is 2.25. The molecule has 2 rings (SSSR count). The summed E-state index contributed by atoms with van der Waals surface area (Å²) in [5.41, 5.74) is 5.93. The molecule has 0 unspecified atom stereocenters. The summed E-state index contributed by atoms with van der Waals surface area (Å²) in [4.78, 5) is 3.48. The molecule has 0 saturated carbocycles. The molecule has 1 heterocycles. The molecule has 0 aliphatic carbocycles. The Morgan fingerprint density at radius 3 is 2.70 bits per heavy atom.